The lowest BCUT2D eigenvalue weighted by molar-refractivity contribution is -0.141. The largest absolute Gasteiger partial charge is 0.396 e. The summed E-state index contributed by atoms with van der Waals surface area (Å²) in [4.78, 5) is 0. The summed E-state index contributed by atoms with van der Waals surface area (Å²) >= 11 is 0. The van der Waals surface area contributed by atoms with Crippen LogP contribution in [0.1, 0.15) is 20.3 Å². The summed E-state index contributed by atoms with van der Waals surface area (Å²) in [5.74, 6) is 0.594. The molecular weight excluding hydrogens is 156 g/mol. The van der Waals surface area contributed by atoms with Crippen molar-refractivity contribution in [3.63, 3.8) is 0 Å². The maximum atomic E-state index is 8.87. The van der Waals surface area contributed by atoms with Crippen molar-refractivity contribution in [3.05, 3.63) is 0 Å². The Kier molecular flexibility index (Phi) is 1.90. The van der Waals surface area contributed by atoms with E-state index in [1.54, 1.807) is 0 Å². The van der Waals surface area contributed by atoms with Crippen molar-refractivity contribution in [2.24, 2.45) is 11.8 Å². The van der Waals surface area contributed by atoms with Gasteiger partial charge in [0.05, 0.1) is 12.7 Å². The zero-order chi connectivity index (χ0) is 8.77. The van der Waals surface area contributed by atoms with Gasteiger partial charge in [-0.2, -0.15) is 0 Å². The predicted octanol–water partition coefficient (Wildman–Crippen LogP) is 0.766. The zero-order valence-corrected chi connectivity index (χ0v) is 7.62. The lowest BCUT2D eigenvalue weighted by Crippen LogP contribution is -2.22. The maximum Gasteiger partial charge on any atom is 0.163 e. The first-order valence-corrected chi connectivity index (χ1v) is 4.55. The van der Waals surface area contributed by atoms with Gasteiger partial charge in [-0.1, -0.05) is 0 Å². The van der Waals surface area contributed by atoms with Crippen LogP contribution in [0.15, 0.2) is 0 Å². The number of aliphatic hydroxyl groups excluding tert-OH is 1. The summed E-state index contributed by atoms with van der Waals surface area (Å²) in [7, 11) is 0. The van der Waals surface area contributed by atoms with Gasteiger partial charge in [0.15, 0.2) is 5.79 Å². The van der Waals surface area contributed by atoms with Crippen LogP contribution in [0.25, 0.3) is 0 Å². The molecule has 3 atom stereocenters. The van der Waals surface area contributed by atoms with E-state index >= 15 is 0 Å². The lowest BCUT2D eigenvalue weighted by Gasteiger charge is -2.16. The predicted molar refractivity (Wildman–Crippen MR) is 43.6 cm³/mol. The highest BCUT2D eigenvalue weighted by atomic mass is 16.7. The normalized spacial score (nSPS) is 44.8. The second-order valence-electron chi connectivity index (χ2n) is 4.21. The fourth-order valence-corrected chi connectivity index (χ4v) is 1.86. The Bertz CT molecular complexity index is 179. The van der Waals surface area contributed by atoms with E-state index in [1.165, 1.54) is 0 Å². The third kappa shape index (κ3) is 1.49. The number of rotatable bonds is 2. The molecule has 1 aliphatic carbocycles. The quantitative estimate of drug-likeness (QED) is 0.668. The van der Waals surface area contributed by atoms with Crippen LogP contribution in [0.4, 0.5) is 0 Å². The SMILES string of the molecule is CC1(C)OC[C@H](C2CC2CO)O1. The van der Waals surface area contributed by atoms with Gasteiger partial charge in [0.2, 0.25) is 0 Å². The van der Waals surface area contributed by atoms with Gasteiger partial charge in [0.1, 0.15) is 0 Å². The molecule has 1 saturated heterocycles. The van der Waals surface area contributed by atoms with Gasteiger partial charge in [-0.3, -0.25) is 0 Å². The Labute approximate surface area is 72.7 Å². The molecule has 70 valence electrons. The molecule has 3 nitrogen and oxygen atoms in total. The molecule has 2 rings (SSSR count). The highest BCUT2D eigenvalue weighted by Crippen LogP contribution is 2.45. The minimum absolute atomic E-state index is 0.220. The number of hydrogen-bond acceptors (Lipinski definition) is 3. The van der Waals surface area contributed by atoms with E-state index in [9.17, 15) is 0 Å². The van der Waals surface area contributed by atoms with Gasteiger partial charge in [-0.05, 0) is 32.1 Å². The van der Waals surface area contributed by atoms with E-state index in [0.29, 0.717) is 25.0 Å². The first-order chi connectivity index (χ1) is 5.62. The van der Waals surface area contributed by atoms with E-state index in [4.69, 9.17) is 14.6 Å². The van der Waals surface area contributed by atoms with Crippen molar-refractivity contribution < 1.29 is 14.6 Å². The first-order valence-electron chi connectivity index (χ1n) is 4.55. The molecule has 1 saturated carbocycles. The standard InChI is InChI=1S/C9H16O3/c1-9(2)11-5-8(12-9)7-3-6(7)4-10/h6-8,10H,3-5H2,1-2H3/t6?,7?,8-/m1/s1. The molecule has 1 heterocycles. The second-order valence-corrected chi connectivity index (χ2v) is 4.21. The molecule has 0 aromatic carbocycles. The van der Waals surface area contributed by atoms with Crippen molar-refractivity contribution in [2.45, 2.75) is 32.2 Å². The number of hydrogen-bond donors (Lipinski definition) is 1. The summed E-state index contributed by atoms with van der Waals surface area (Å²) in [6.45, 7) is 4.85. The average molecular weight is 172 g/mol. The number of aliphatic hydroxyl groups is 1. The molecule has 0 aromatic heterocycles. The van der Waals surface area contributed by atoms with Crippen LogP contribution in [0, 0.1) is 11.8 Å². The van der Waals surface area contributed by atoms with Crippen molar-refractivity contribution in [1.29, 1.82) is 0 Å². The van der Waals surface area contributed by atoms with Crippen LogP contribution in [0.5, 0.6) is 0 Å². The third-order valence-corrected chi connectivity index (χ3v) is 2.72. The van der Waals surface area contributed by atoms with E-state index < -0.39 is 5.79 Å². The van der Waals surface area contributed by atoms with Crippen molar-refractivity contribution in [3.8, 4) is 0 Å². The molecule has 0 radical (unpaired) electrons. The second kappa shape index (κ2) is 2.69. The van der Waals surface area contributed by atoms with Gasteiger partial charge in [0.25, 0.3) is 0 Å². The average Bonchev–Trinajstić information content (AvgIpc) is 2.70. The topological polar surface area (TPSA) is 38.7 Å². The Morgan fingerprint density at radius 3 is 2.67 bits per heavy atom. The zero-order valence-electron chi connectivity index (χ0n) is 7.62. The van der Waals surface area contributed by atoms with Gasteiger partial charge in [0, 0.05) is 6.61 Å². The summed E-state index contributed by atoms with van der Waals surface area (Å²) in [6.07, 6.45) is 1.32. The van der Waals surface area contributed by atoms with Crippen LogP contribution in [0.3, 0.4) is 0 Å². The van der Waals surface area contributed by atoms with E-state index in [-0.39, 0.29) is 6.10 Å². The first kappa shape index (κ1) is 8.48. The van der Waals surface area contributed by atoms with Crippen LogP contribution < -0.4 is 0 Å². The molecule has 0 amide bonds. The summed E-state index contributed by atoms with van der Waals surface area (Å²) < 4.78 is 11.1. The number of ether oxygens (including phenoxy) is 2. The smallest absolute Gasteiger partial charge is 0.163 e. The molecule has 0 spiro atoms. The van der Waals surface area contributed by atoms with Crippen LogP contribution in [-0.4, -0.2) is 30.2 Å². The molecule has 2 fully saturated rings. The van der Waals surface area contributed by atoms with E-state index in [2.05, 4.69) is 0 Å². The fraction of sp³-hybridized carbons (Fsp3) is 1.00. The van der Waals surface area contributed by atoms with Crippen molar-refractivity contribution in [2.75, 3.05) is 13.2 Å². The third-order valence-electron chi connectivity index (χ3n) is 2.72. The molecule has 1 aliphatic heterocycles. The summed E-state index contributed by atoms with van der Waals surface area (Å²) in [5, 5.41) is 8.87. The summed E-state index contributed by atoms with van der Waals surface area (Å²) in [6, 6.07) is 0. The van der Waals surface area contributed by atoms with Crippen LogP contribution >= 0.6 is 0 Å². The highest BCUT2D eigenvalue weighted by molar-refractivity contribution is 4.94. The Balaban J connectivity index is 1.85. The van der Waals surface area contributed by atoms with Gasteiger partial charge >= 0.3 is 0 Å². The van der Waals surface area contributed by atoms with Crippen molar-refractivity contribution >= 4 is 0 Å². The molecule has 0 aromatic rings. The Morgan fingerprint density at radius 1 is 1.50 bits per heavy atom. The lowest BCUT2D eigenvalue weighted by atomic mass is 10.2. The van der Waals surface area contributed by atoms with Crippen LogP contribution in [0.2, 0.25) is 0 Å². The highest BCUT2D eigenvalue weighted by Gasteiger charge is 2.48. The van der Waals surface area contributed by atoms with Gasteiger partial charge in [-0.15, -0.1) is 0 Å². The molecule has 2 aliphatic rings. The maximum absolute atomic E-state index is 8.87. The summed E-state index contributed by atoms with van der Waals surface area (Å²) in [5.41, 5.74) is 0. The van der Waals surface area contributed by atoms with Crippen LogP contribution in [-0.2, 0) is 9.47 Å². The molecular formula is C9H16O3. The Hall–Kier alpha value is -0.120. The van der Waals surface area contributed by atoms with Gasteiger partial charge in [-0.25, -0.2) is 0 Å². The van der Waals surface area contributed by atoms with Gasteiger partial charge < -0.3 is 14.6 Å². The monoisotopic (exact) mass is 172 g/mol. The minimum atomic E-state index is -0.409. The molecule has 12 heavy (non-hydrogen) atoms. The Morgan fingerprint density at radius 2 is 2.25 bits per heavy atom. The fourth-order valence-electron chi connectivity index (χ4n) is 1.86. The van der Waals surface area contributed by atoms with E-state index in [0.717, 1.165) is 6.42 Å². The molecule has 1 N–H and O–H groups in total. The van der Waals surface area contributed by atoms with Crippen molar-refractivity contribution in [1.82, 2.24) is 0 Å². The molecule has 3 heteroatoms. The minimum Gasteiger partial charge on any atom is -0.396 e. The van der Waals surface area contributed by atoms with E-state index in [1.807, 2.05) is 13.8 Å². The molecule has 0 bridgehead atoms. The molecule has 2 unspecified atom stereocenters.